The van der Waals surface area contributed by atoms with Crippen LogP contribution in [0.2, 0.25) is 0 Å². The van der Waals surface area contributed by atoms with Crippen LogP contribution in [0, 0.1) is 15.5 Å². The summed E-state index contributed by atoms with van der Waals surface area (Å²) in [5.74, 6) is 0. The molecule has 0 aromatic heterocycles. The van der Waals surface area contributed by atoms with Gasteiger partial charge in [0.1, 0.15) is 0 Å². The van der Waals surface area contributed by atoms with Gasteiger partial charge in [-0.25, -0.2) is 0 Å². The first-order valence-corrected chi connectivity index (χ1v) is 28.4. The maximum atomic E-state index is 2.54. The van der Waals surface area contributed by atoms with Crippen LogP contribution in [-0.4, -0.2) is 0 Å². The maximum absolute atomic E-state index is 2.54. The fraction of sp³-hybridized carbons (Fsp3) is 0. The zero-order valence-electron chi connectivity index (χ0n) is 1.89. The third-order valence-electron chi connectivity index (χ3n) is 0. The first-order valence-electron chi connectivity index (χ1n) is 0.571. The summed E-state index contributed by atoms with van der Waals surface area (Å²) in [6, 6.07) is 0. The second kappa shape index (κ2) is 4.34. The van der Waals surface area contributed by atoms with Gasteiger partial charge in [0, 0.05) is 0 Å². The zero-order valence-corrected chi connectivity index (χ0v) is 12.9. The molecule has 0 aromatic carbocycles. The van der Waals surface area contributed by atoms with Crippen molar-refractivity contribution in [2.75, 3.05) is 0 Å². The minimum atomic E-state index is -1.23. The summed E-state index contributed by atoms with van der Waals surface area (Å²) >= 11 is 8.92. The Bertz CT molecular complexity index is 19.1. The first kappa shape index (κ1) is 9.50. The van der Waals surface area contributed by atoms with Crippen molar-refractivity contribution in [1.82, 2.24) is 0 Å². The van der Waals surface area contributed by atoms with E-state index in [2.05, 4.69) is 47.3 Å². The molecule has 35 valence electrons. The van der Waals surface area contributed by atoms with Gasteiger partial charge in [0.05, 0.1) is 0 Å². The van der Waals surface area contributed by atoms with Gasteiger partial charge in [-0.3, -0.25) is 0 Å². The Balaban J connectivity index is 3.02. The van der Waals surface area contributed by atoms with Gasteiger partial charge in [0.15, 0.2) is 0 Å². The van der Waals surface area contributed by atoms with Crippen molar-refractivity contribution in [3.05, 3.63) is 0 Å². The summed E-state index contributed by atoms with van der Waals surface area (Å²) in [5, 5.41) is 0. The number of hydrogen-bond donors (Lipinski definition) is 0. The Morgan fingerprint density at radius 1 is 0.800 bits per heavy atom. The number of halogens is 4. The van der Waals surface area contributed by atoms with Crippen molar-refractivity contribution in [1.29, 1.82) is 0 Å². The molecule has 0 aliphatic rings. The van der Waals surface area contributed by atoms with E-state index in [0.717, 1.165) is 0 Å². The molecule has 0 saturated heterocycles. The van der Waals surface area contributed by atoms with Gasteiger partial charge in [0.2, 0.25) is 0 Å². The summed E-state index contributed by atoms with van der Waals surface area (Å²) in [4.78, 5) is 0. The average molecular weight is 660 g/mol. The summed E-state index contributed by atoms with van der Waals surface area (Å²) < 4.78 is 0. The van der Waals surface area contributed by atoms with E-state index in [1.165, 1.54) is 0 Å². The minimum absolute atomic E-state index is 1.23. The van der Waals surface area contributed by atoms with Crippen molar-refractivity contribution in [3.8, 4) is 0 Å². The summed E-state index contributed by atoms with van der Waals surface area (Å²) in [7, 11) is 0. The van der Waals surface area contributed by atoms with E-state index in [4.69, 9.17) is 0 Å². The molecule has 0 aliphatic carbocycles. The van der Waals surface area contributed by atoms with Crippen molar-refractivity contribution >= 4 is 47.3 Å². The summed E-state index contributed by atoms with van der Waals surface area (Å²) in [6.07, 6.45) is 0. The van der Waals surface area contributed by atoms with Crippen LogP contribution in [0.4, 0.5) is 0 Å². The molecule has 0 spiro atoms. The predicted octanol–water partition coefficient (Wildman–Crippen LogP) is 3.54. The van der Waals surface area contributed by atoms with Crippen molar-refractivity contribution in [2.45, 2.75) is 0 Å². The molecular formula is EuI4. The average Bonchev–Trinajstić information content (AvgIpc) is 0.722. The topological polar surface area (TPSA) is 0 Å². The molecule has 0 bridgehead atoms. The molecule has 0 saturated carbocycles. The van der Waals surface area contributed by atoms with E-state index in [9.17, 15) is 0 Å². The predicted molar refractivity (Wildman–Crippen MR) is 56.1 cm³/mol. The Morgan fingerprint density at radius 2 is 0.800 bits per heavy atom. The van der Waals surface area contributed by atoms with Crippen molar-refractivity contribution in [3.63, 3.8) is 0 Å². The molecule has 0 nitrogen and oxygen atoms in total. The Labute approximate surface area is 58.5 Å². The van der Waals surface area contributed by atoms with Gasteiger partial charge in [-0.15, -0.1) is 0 Å². The molecule has 0 radical (unpaired) electrons. The van der Waals surface area contributed by atoms with E-state index >= 15 is 0 Å². The van der Waals surface area contributed by atoms with Crippen LogP contribution in [0.3, 0.4) is 0 Å². The molecule has 0 heterocycles. The van der Waals surface area contributed by atoms with E-state index in [1.807, 2.05) is 0 Å². The second-order valence-electron chi connectivity index (χ2n) is 0.324. The van der Waals surface area contributed by atoms with Gasteiger partial charge < -0.3 is 0 Å². The molecule has 0 unspecified atom stereocenters. The van der Waals surface area contributed by atoms with E-state index < -0.39 is 15.5 Å². The van der Waals surface area contributed by atoms with Crippen molar-refractivity contribution < 1.29 is 15.5 Å². The van der Waals surface area contributed by atoms with Gasteiger partial charge in [-0.2, -0.15) is 0 Å². The Hall–Kier alpha value is 4.50. The molecule has 0 N–H and O–H groups in total. The Kier molecular flexibility index (Phi) is 8.25. The molecular weight excluding hydrogens is 660 g/mol. The quantitative estimate of drug-likeness (QED) is 0.350. The summed E-state index contributed by atoms with van der Waals surface area (Å²) in [6.45, 7) is 0. The van der Waals surface area contributed by atoms with Crippen molar-refractivity contribution in [2.24, 2.45) is 0 Å². The summed E-state index contributed by atoms with van der Waals surface area (Å²) in [5.41, 5.74) is 0. The standard InChI is InChI=1S/Eu.4HI/h;4*1H/q+4;;;;/p-4. The van der Waals surface area contributed by atoms with Crippen LogP contribution >= 0.6 is 47.3 Å². The molecule has 0 rings (SSSR count). The fourth-order valence-corrected chi connectivity index (χ4v) is 0. The Morgan fingerprint density at radius 3 is 0.800 bits per heavy atom. The normalized spacial score (nSPS) is 15.2. The van der Waals surface area contributed by atoms with Gasteiger partial charge >= 0.3 is 62.8 Å². The molecule has 0 aliphatic heterocycles. The van der Waals surface area contributed by atoms with Crippen LogP contribution in [0.5, 0.6) is 0 Å². The molecule has 5 heavy (non-hydrogen) atoms. The second-order valence-corrected chi connectivity index (χ2v) is 108. The molecule has 5 heteroatoms. The third-order valence-corrected chi connectivity index (χ3v) is 0. The van der Waals surface area contributed by atoms with E-state index in [-0.39, 0.29) is 0 Å². The van der Waals surface area contributed by atoms with Gasteiger partial charge in [-0.1, -0.05) is 0 Å². The zero-order chi connectivity index (χ0) is 4.50. The first-order chi connectivity index (χ1) is 2.00. The molecule has 0 fully saturated rings. The van der Waals surface area contributed by atoms with Gasteiger partial charge in [-0.05, 0) is 0 Å². The van der Waals surface area contributed by atoms with Crippen LogP contribution in [0.25, 0.3) is 0 Å². The SMILES string of the molecule is [I][Eu]([I])([I])[I]. The molecule has 0 amide bonds. The van der Waals surface area contributed by atoms with E-state index in [1.54, 1.807) is 0 Å². The molecule has 0 aromatic rings. The van der Waals surface area contributed by atoms with Crippen LogP contribution in [0.15, 0.2) is 0 Å². The van der Waals surface area contributed by atoms with Gasteiger partial charge in [0.25, 0.3) is 0 Å². The van der Waals surface area contributed by atoms with Crippen LogP contribution in [0.1, 0.15) is 0 Å². The molecule has 0 atom stereocenters. The van der Waals surface area contributed by atoms with Crippen LogP contribution in [-0.2, 0) is 0 Å². The number of rotatable bonds is 0. The van der Waals surface area contributed by atoms with E-state index in [0.29, 0.717) is 0 Å². The number of hydrogen-bond acceptors (Lipinski definition) is 0. The fourth-order valence-electron chi connectivity index (χ4n) is 0. The monoisotopic (exact) mass is 661 g/mol. The van der Waals surface area contributed by atoms with Crippen LogP contribution < -0.4 is 0 Å². The third kappa shape index (κ3) is 17.7.